The molecule has 2 aromatic rings. The van der Waals surface area contributed by atoms with E-state index in [1.54, 1.807) is 12.1 Å². The lowest BCUT2D eigenvalue weighted by atomic mass is 10.1. The summed E-state index contributed by atoms with van der Waals surface area (Å²) in [6.45, 7) is 2.08. The number of nitrogens with two attached hydrogens (primary N) is 1. The van der Waals surface area contributed by atoms with Crippen LogP contribution in [0, 0.1) is 0 Å². The second kappa shape index (κ2) is 6.43. The van der Waals surface area contributed by atoms with Gasteiger partial charge in [0.05, 0.1) is 4.90 Å². The minimum atomic E-state index is -1.28. The molecule has 4 N–H and O–H groups in total. The molecular formula is C15H19N3OS. The van der Waals surface area contributed by atoms with E-state index in [4.69, 9.17) is 5.73 Å². The summed E-state index contributed by atoms with van der Waals surface area (Å²) in [5, 5.41) is 3.14. The zero-order valence-electron chi connectivity index (χ0n) is 11.6. The van der Waals surface area contributed by atoms with Gasteiger partial charge in [-0.1, -0.05) is 6.92 Å². The molecule has 2 aromatic carbocycles. The molecule has 0 fully saturated rings. The van der Waals surface area contributed by atoms with Crippen molar-refractivity contribution in [1.29, 1.82) is 0 Å². The maximum atomic E-state index is 12.3. The minimum Gasteiger partial charge on any atom is -0.399 e. The molecule has 0 spiro atoms. The van der Waals surface area contributed by atoms with Crippen LogP contribution in [0.3, 0.4) is 0 Å². The Labute approximate surface area is 122 Å². The first-order valence-corrected chi connectivity index (χ1v) is 7.63. The fraction of sp³-hybridized carbons (Fsp3) is 0.200. The molecule has 0 aromatic heterocycles. The van der Waals surface area contributed by atoms with Crippen LogP contribution in [0.25, 0.3) is 0 Å². The molecule has 0 saturated heterocycles. The lowest BCUT2D eigenvalue weighted by molar-refractivity contribution is 0.686. The molecule has 0 saturated carbocycles. The van der Waals surface area contributed by atoms with Crippen molar-refractivity contribution in [3.05, 3.63) is 48.0 Å². The largest absolute Gasteiger partial charge is 0.399 e. The van der Waals surface area contributed by atoms with Crippen molar-refractivity contribution in [3.63, 3.8) is 0 Å². The fourth-order valence-electron chi connectivity index (χ4n) is 1.94. The first-order chi connectivity index (χ1) is 9.63. The van der Waals surface area contributed by atoms with Gasteiger partial charge in [0, 0.05) is 24.1 Å². The molecule has 20 heavy (non-hydrogen) atoms. The van der Waals surface area contributed by atoms with Gasteiger partial charge in [-0.2, -0.15) is 0 Å². The molecule has 0 amide bonds. The molecule has 0 heterocycles. The second-order valence-electron chi connectivity index (χ2n) is 4.42. The van der Waals surface area contributed by atoms with E-state index >= 15 is 0 Å². The monoisotopic (exact) mass is 289 g/mol. The van der Waals surface area contributed by atoms with Gasteiger partial charge >= 0.3 is 0 Å². The number of nitrogens with one attached hydrogen (secondary N) is 2. The van der Waals surface area contributed by atoms with Gasteiger partial charge in [0.2, 0.25) is 0 Å². The Kier molecular flexibility index (Phi) is 4.63. The number of hydrogen-bond acceptors (Lipinski definition) is 3. The Morgan fingerprint density at radius 1 is 1.15 bits per heavy atom. The normalized spacial score (nSPS) is 11.9. The van der Waals surface area contributed by atoms with Crippen molar-refractivity contribution in [3.8, 4) is 0 Å². The van der Waals surface area contributed by atoms with Crippen LogP contribution >= 0.6 is 0 Å². The van der Waals surface area contributed by atoms with Gasteiger partial charge in [-0.25, -0.2) is 4.21 Å². The Bertz CT molecular complexity index is 611. The third-order valence-corrected chi connectivity index (χ3v) is 4.17. The smallest absolute Gasteiger partial charge is 0.150 e. The SMILES string of the molecule is CCc1cc(S(=O)Nc2ccc(N)cc2)ccc1NC. The predicted molar refractivity (Wildman–Crippen MR) is 86.3 cm³/mol. The summed E-state index contributed by atoms with van der Waals surface area (Å²) in [5.41, 5.74) is 9.32. The van der Waals surface area contributed by atoms with E-state index < -0.39 is 11.0 Å². The standard InChI is InChI=1S/C15H19N3OS/c1-3-11-10-14(8-9-15(11)17-2)20(19)18-13-6-4-12(16)5-7-13/h4-10,17-18H,3,16H2,1-2H3. The lowest BCUT2D eigenvalue weighted by Crippen LogP contribution is -2.06. The molecule has 4 nitrogen and oxygen atoms in total. The summed E-state index contributed by atoms with van der Waals surface area (Å²) in [6, 6.07) is 13.0. The number of nitrogen functional groups attached to an aromatic ring is 1. The Morgan fingerprint density at radius 2 is 1.85 bits per heavy atom. The average molecular weight is 289 g/mol. The number of benzene rings is 2. The summed E-state index contributed by atoms with van der Waals surface area (Å²) in [4.78, 5) is 0.762. The van der Waals surface area contributed by atoms with E-state index in [2.05, 4.69) is 17.0 Å². The van der Waals surface area contributed by atoms with Crippen molar-refractivity contribution in [2.24, 2.45) is 0 Å². The quantitative estimate of drug-likeness (QED) is 0.741. The molecule has 0 bridgehead atoms. The predicted octanol–water partition coefficient (Wildman–Crippen LogP) is 3.01. The third-order valence-electron chi connectivity index (χ3n) is 3.06. The van der Waals surface area contributed by atoms with Gasteiger partial charge in [0.1, 0.15) is 11.0 Å². The van der Waals surface area contributed by atoms with E-state index in [0.717, 1.165) is 28.3 Å². The molecule has 2 rings (SSSR count). The van der Waals surface area contributed by atoms with Crippen LogP contribution in [-0.2, 0) is 17.4 Å². The van der Waals surface area contributed by atoms with Crippen LogP contribution in [0.5, 0.6) is 0 Å². The van der Waals surface area contributed by atoms with Gasteiger partial charge < -0.3 is 15.8 Å². The highest BCUT2D eigenvalue weighted by Crippen LogP contribution is 2.21. The van der Waals surface area contributed by atoms with Gasteiger partial charge in [0.25, 0.3) is 0 Å². The number of hydrogen-bond donors (Lipinski definition) is 3. The summed E-state index contributed by atoms with van der Waals surface area (Å²) >= 11 is 0. The molecule has 1 atom stereocenters. The van der Waals surface area contributed by atoms with Crippen molar-refractivity contribution in [1.82, 2.24) is 0 Å². The van der Waals surface area contributed by atoms with Crippen LogP contribution in [0.1, 0.15) is 12.5 Å². The summed E-state index contributed by atoms with van der Waals surface area (Å²) < 4.78 is 15.3. The average Bonchev–Trinajstić information content (AvgIpc) is 2.48. The Balaban J connectivity index is 2.18. The number of anilines is 3. The Hall–Kier alpha value is -2.01. The van der Waals surface area contributed by atoms with Gasteiger partial charge in [-0.15, -0.1) is 0 Å². The highest BCUT2D eigenvalue weighted by Gasteiger charge is 2.07. The van der Waals surface area contributed by atoms with Crippen LogP contribution in [0.15, 0.2) is 47.4 Å². The van der Waals surface area contributed by atoms with Gasteiger partial charge in [-0.05, 0) is 54.4 Å². The molecule has 1 unspecified atom stereocenters. The maximum absolute atomic E-state index is 12.3. The summed E-state index contributed by atoms with van der Waals surface area (Å²) in [7, 11) is 0.605. The minimum absolute atomic E-state index is 0.688. The van der Waals surface area contributed by atoms with E-state index in [1.807, 2.05) is 37.4 Å². The summed E-state index contributed by atoms with van der Waals surface area (Å²) in [6.07, 6.45) is 0.892. The van der Waals surface area contributed by atoms with E-state index in [0.29, 0.717) is 5.69 Å². The van der Waals surface area contributed by atoms with Crippen LogP contribution in [-0.4, -0.2) is 11.3 Å². The third kappa shape index (κ3) is 3.30. The van der Waals surface area contributed by atoms with E-state index in [-0.39, 0.29) is 0 Å². The van der Waals surface area contributed by atoms with E-state index in [9.17, 15) is 4.21 Å². The van der Waals surface area contributed by atoms with Crippen molar-refractivity contribution in [2.45, 2.75) is 18.2 Å². The van der Waals surface area contributed by atoms with Gasteiger partial charge in [0.15, 0.2) is 0 Å². The maximum Gasteiger partial charge on any atom is 0.150 e. The van der Waals surface area contributed by atoms with Gasteiger partial charge in [-0.3, -0.25) is 0 Å². The molecule has 0 aliphatic heterocycles. The summed E-state index contributed by atoms with van der Waals surface area (Å²) in [5.74, 6) is 0. The van der Waals surface area contributed by atoms with Crippen LogP contribution in [0.2, 0.25) is 0 Å². The first-order valence-electron chi connectivity index (χ1n) is 6.48. The topological polar surface area (TPSA) is 67.2 Å². The molecule has 0 aliphatic carbocycles. The zero-order valence-corrected chi connectivity index (χ0v) is 12.5. The van der Waals surface area contributed by atoms with Crippen molar-refractivity contribution in [2.75, 3.05) is 22.8 Å². The first kappa shape index (κ1) is 14.4. The van der Waals surface area contributed by atoms with Crippen LogP contribution < -0.4 is 15.8 Å². The Morgan fingerprint density at radius 3 is 2.45 bits per heavy atom. The zero-order chi connectivity index (χ0) is 14.5. The van der Waals surface area contributed by atoms with Crippen molar-refractivity contribution < 1.29 is 4.21 Å². The molecular weight excluding hydrogens is 270 g/mol. The fourth-order valence-corrected chi connectivity index (χ4v) is 2.85. The number of rotatable bonds is 5. The molecule has 106 valence electrons. The molecule has 0 aliphatic rings. The van der Waals surface area contributed by atoms with E-state index in [1.165, 1.54) is 0 Å². The van der Waals surface area contributed by atoms with Crippen LogP contribution in [0.4, 0.5) is 17.1 Å². The highest BCUT2D eigenvalue weighted by molar-refractivity contribution is 7.86. The molecule has 0 radical (unpaired) electrons. The highest BCUT2D eigenvalue weighted by atomic mass is 32.2. The number of aryl methyl sites for hydroxylation is 1. The lowest BCUT2D eigenvalue weighted by Gasteiger charge is -2.11. The van der Waals surface area contributed by atoms with Crippen molar-refractivity contribution >= 4 is 28.0 Å². The molecule has 5 heteroatoms. The second-order valence-corrected chi connectivity index (χ2v) is 5.63.